The van der Waals surface area contributed by atoms with Crippen molar-refractivity contribution in [2.24, 2.45) is 0 Å². The zero-order chi connectivity index (χ0) is 39.2. The van der Waals surface area contributed by atoms with Crippen LogP contribution in [0.25, 0.3) is 0 Å². The molecule has 3 aliphatic rings. The van der Waals surface area contributed by atoms with Crippen molar-refractivity contribution in [2.75, 3.05) is 40.8 Å². The monoisotopic (exact) mass is 772 g/mol. The van der Waals surface area contributed by atoms with E-state index in [4.69, 9.17) is 0 Å². The van der Waals surface area contributed by atoms with E-state index in [1.165, 1.54) is 152 Å². The molecule has 7 rings (SSSR count). The molecule has 57 heavy (non-hydrogen) atoms. The van der Waals surface area contributed by atoms with E-state index in [1.54, 1.807) is 16.7 Å². The minimum atomic E-state index is 0.596. The second-order valence-corrected chi connectivity index (χ2v) is 18.1. The van der Waals surface area contributed by atoms with Crippen LogP contribution in [0.4, 0.5) is 0 Å². The molecule has 6 heteroatoms. The van der Waals surface area contributed by atoms with Crippen LogP contribution in [-0.2, 0) is 38.9 Å². The summed E-state index contributed by atoms with van der Waals surface area (Å²) < 4.78 is 7.31. The van der Waals surface area contributed by atoms with Gasteiger partial charge in [-0.2, -0.15) is 0 Å². The molecule has 0 spiro atoms. The normalized spacial score (nSPS) is 20.6. The van der Waals surface area contributed by atoms with Crippen LogP contribution in [-0.4, -0.2) is 55.5 Å². The van der Waals surface area contributed by atoms with Crippen molar-refractivity contribution in [3.05, 3.63) is 125 Å². The number of hydrogen-bond donors (Lipinski definition) is 0. The molecule has 3 atom stereocenters. The van der Waals surface area contributed by atoms with E-state index >= 15 is 0 Å². The van der Waals surface area contributed by atoms with Crippen LogP contribution in [0.1, 0.15) is 148 Å². The molecule has 3 unspecified atom stereocenters. The van der Waals surface area contributed by atoms with Gasteiger partial charge in [0.2, 0.25) is 0 Å². The first-order valence-corrected chi connectivity index (χ1v) is 23.2. The van der Waals surface area contributed by atoms with Gasteiger partial charge in [-0.25, -0.2) is 13.7 Å². The van der Waals surface area contributed by atoms with Crippen LogP contribution in [0.2, 0.25) is 0 Å². The molecule has 6 nitrogen and oxygen atoms in total. The molecule has 6 heterocycles. The van der Waals surface area contributed by atoms with Gasteiger partial charge in [-0.1, -0.05) is 18.2 Å². The number of pyridine rings is 3. The Morgan fingerprint density at radius 3 is 1.04 bits per heavy atom. The van der Waals surface area contributed by atoms with E-state index in [2.05, 4.69) is 141 Å². The first-order chi connectivity index (χ1) is 28.0. The summed E-state index contributed by atoms with van der Waals surface area (Å²) in [5, 5.41) is 0. The second-order valence-electron chi connectivity index (χ2n) is 18.1. The van der Waals surface area contributed by atoms with E-state index in [0.29, 0.717) is 18.1 Å². The molecule has 1 aromatic carbocycles. The predicted molar refractivity (Wildman–Crippen MR) is 233 cm³/mol. The number of nitrogens with zero attached hydrogens (tertiary/aromatic N) is 6. The molecular weight excluding hydrogens is 697 g/mol. The van der Waals surface area contributed by atoms with Crippen LogP contribution < -0.4 is 13.7 Å². The Kier molecular flexibility index (Phi) is 15.7. The number of unbranched alkanes of at least 4 members (excludes halogenated alkanes) is 6. The standard InChI is InChI=1S/C51H75N6/c1-52-28-16-25-49(52)46-22-13-34-55(40-46)31-10-4-7-19-43-37-44(20-8-5-11-32-56-35-14-23-47(41-56)50-26-17-29-53(50)2)39-45(38-43)21-9-6-12-33-57-36-15-24-48(42-57)51-27-18-30-54(51)3/h13-15,22-24,34-42,49-51H,4-12,16-21,25-33H2,1-3H3/q+3. The van der Waals surface area contributed by atoms with Gasteiger partial charge < -0.3 is 0 Å². The molecule has 4 aromatic rings. The third-order valence-corrected chi connectivity index (χ3v) is 13.6. The molecule has 0 radical (unpaired) electrons. The highest BCUT2D eigenvalue weighted by atomic mass is 15.2. The van der Waals surface area contributed by atoms with Crippen molar-refractivity contribution < 1.29 is 13.7 Å². The van der Waals surface area contributed by atoms with E-state index in [1.807, 2.05) is 0 Å². The molecule has 3 aliphatic heterocycles. The third kappa shape index (κ3) is 12.3. The van der Waals surface area contributed by atoms with Crippen LogP contribution in [0, 0.1) is 0 Å². The van der Waals surface area contributed by atoms with Gasteiger partial charge in [0.1, 0.15) is 19.6 Å². The fraction of sp³-hybridized carbons (Fsp3) is 0.588. The van der Waals surface area contributed by atoms with Crippen LogP contribution in [0.3, 0.4) is 0 Å². The average Bonchev–Trinajstić information content (AvgIpc) is 3.98. The minimum absolute atomic E-state index is 0.596. The van der Waals surface area contributed by atoms with Crippen LogP contribution in [0.15, 0.2) is 91.8 Å². The molecule has 0 saturated carbocycles. The first-order valence-electron chi connectivity index (χ1n) is 23.2. The molecular formula is C51H75N6+3. The Bertz CT molecular complexity index is 1600. The summed E-state index contributed by atoms with van der Waals surface area (Å²) in [6.07, 6.45) is 36.9. The molecule has 0 aliphatic carbocycles. The fourth-order valence-corrected chi connectivity index (χ4v) is 10.3. The van der Waals surface area contributed by atoms with Gasteiger partial charge in [-0.15, -0.1) is 0 Å². The van der Waals surface area contributed by atoms with Crippen molar-refractivity contribution in [3.8, 4) is 0 Å². The number of aryl methyl sites for hydroxylation is 6. The number of benzene rings is 1. The zero-order valence-electron chi connectivity index (χ0n) is 36.0. The average molecular weight is 772 g/mol. The summed E-state index contributed by atoms with van der Waals surface area (Å²) in [6.45, 7) is 7.04. The zero-order valence-corrected chi connectivity index (χ0v) is 36.0. The molecule has 0 N–H and O–H groups in total. The maximum atomic E-state index is 2.56. The third-order valence-electron chi connectivity index (χ3n) is 13.6. The Morgan fingerprint density at radius 2 is 0.754 bits per heavy atom. The van der Waals surface area contributed by atoms with Crippen LogP contribution in [0.5, 0.6) is 0 Å². The Morgan fingerprint density at radius 1 is 0.439 bits per heavy atom. The molecule has 0 bridgehead atoms. The van der Waals surface area contributed by atoms with E-state index < -0.39 is 0 Å². The largest absolute Gasteiger partial charge is 0.299 e. The summed E-state index contributed by atoms with van der Waals surface area (Å²) in [6, 6.07) is 23.2. The van der Waals surface area contributed by atoms with Gasteiger partial charge in [-0.3, -0.25) is 14.7 Å². The van der Waals surface area contributed by atoms with Gasteiger partial charge >= 0.3 is 0 Å². The van der Waals surface area contributed by atoms with Gasteiger partial charge in [0.15, 0.2) is 37.2 Å². The molecule has 3 aromatic heterocycles. The van der Waals surface area contributed by atoms with Crippen molar-refractivity contribution in [1.82, 2.24) is 14.7 Å². The Labute approximate surface area is 346 Å². The highest BCUT2D eigenvalue weighted by Gasteiger charge is 2.26. The maximum Gasteiger partial charge on any atom is 0.173 e. The Hall–Kier alpha value is -3.45. The lowest BCUT2D eigenvalue weighted by Crippen LogP contribution is -2.34. The molecule has 0 amide bonds. The smallest absolute Gasteiger partial charge is 0.173 e. The Balaban J connectivity index is 0.886. The molecule has 3 saturated heterocycles. The quantitative estimate of drug-likeness (QED) is 0.0624. The minimum Gasteiger partial charge on any atom is -0.299 e. The van der Waals surface area contributed by atoms with Gasteiger partial charge in [0.25, 0.3) is 0 Å². The van der Waals surface area contributed by atoms with Gasteiger partial charge in [0, 0.05) is 72.3 Å². The summed E-state index contributed by atoms with van der Waals surface area (Å²) in [4.78, 5) is 7.56. The van der Waals surface area contributed by atoms with Gasteiger partial charge in [0.05, 0.1) is 0 Å². The number of rotatable bonds is 21. The number of aromatic nitrogens is 3. The first kappa shape index (κ1) is 41.7. The summed E-state index contributed by atoms with van der Waals surface area (Å²) in [7, 11) is 6.84. The van der Waals surface area contributed by atoms with Crippen molar-refractivity contribution in [3.63, 3.8) is 0 Å². The van der Waals surface area contributed by atoms with Crippen LogP contribution >= 0.6 is 0 Å². The van der Waals surface area contributed by atoms with Crippen molar-refractivity contribution in [2.45, 2.75) is 153 Å². The lowest BCUT2D eigenvalue weighted by atomic mass is 9.95. The highest BCUT2D eigenvalue weighted by molar-refractivity contribution is 5.31. The van der Waals surface area contributed by atoms with E-state index in [9.17, 15) is 0 Å². The fourth-order valence-electron chi connectivity index (χ4n) is 10.3. The number of hydrogen-bond acceptors (Lipinski definition) is 3. The number of likely N-dealkylation sites (tertiary alicyclic amines) is 3. The van der Waals surface area contributed by atoms with Crippen molar-refractivity contribution in [1.29, 1.82) is 0 Å². The summed E-state index contributed by atoms with van der Waals surface area (Å²) >= 11 is 0. The SMILES string of the molecule is CN1CCCC1c1ccc[n+](CCCCCc2cc(CCCCC[n+]3cccc(C4CCCN4C)c3)cc(CCCCC[n+]3cccc(C4CCCN4C)c3)c2)c1. The van der Waals surface area contributed by atoms with E-state index in [0.717, 1.165) is 19.6 Å². The summed E-state index contributed by atoms with van der Waals surface area (Å²) in [5.41, 5.74) is 9.16. The summed E-state index contributed by atoms with van der Waals surface area (Å²) in [5.74, 6) is 0. The highest BCUT2D eigenvalue weighted by Crippen LogP contribution is 2.31. The predicted octanol–water partition coefficient (Wildman–Crippen LogP) is 9.09. The lowest BCUT2D eigenvalue weighted by Gasteiger charge is -2.18. The second kappa shape index (κ2) is 21.5. The molecule has 3 fully saturated rings. The lowest BCUT2D eigenvalue weighted by molar-refractivity contribution is -0.698. The molecule has 306 valence electrons. The van der Waals surface area contributed by atoms with Crippen molar-refractivity contribution >= 4 is 0 Å². The maximum absolute atomic E-state index is 2.56. The van der Waals surface area contributed by atoms with Gasteiger partial charge in [-0.05, 0) is 172 Å². The van der Waals surface area contributed by atoms with E-state index in [-0.39, 0.29) is 0 Å². The topological polar surface area (TPSA) is 21.4 Å².